The molecule has 0 saturated heterocycles. The molecule has 0 atom stereocenters. The Balaban J connectivity index is 0.000000186. The maximum Gasteiger partial charge on any atom is 0.336 e. The monoisotopic (exact) mass is 510 g/mol. The summed E-state index contributed by atoms with van der Waals surface area (Å²) in [5.74, 6) is -1.81. The third-order valence-corrected chi connectivity index (χ3v) is 7.06. The van der Waals surface area contributed by atoms with Crippen LogP contribution in [0.15, 0.2) is 83.3 Å². The number of Topliss-reactive ketones (excluding diaryl/α,β-unsaturated/α-hetero) is 3. The maximum absolute atomic E-state index is 12.6. The van der Waals surface area contributed by atoms with Gasteiger partial charge in [0, 0.05) is 39.0 Å². The van der Waals surface area contributed by atoms with Crippen LogP contribution in [0.5, 0.6) is 0 Å². The molecule has 0 radical (unpaired) electrons. The first-order valence-corrected chi connectivity index (χ1v) is 12.6. The molecule has 0 heterocycles. The Hall–Kier alpha value is -4.36. The van der Waals surface area contributed by atoms with Crippen molar-refractivity contribution in [2.24, 2.45) is 0 Å². The summed E-state index contributed by atoms with van der Waals surface area (Å²) in [6.45, 7) is 3.51. The van der Waals surface area contributed by atoms with E-state index in [-0.39, 0.29) is 39.8 Å². The summed E-state index contributed by atoms with van der Waals surface area (Å²) in [5, 5.41) is 9.31. The fourth-order valence-corrected chi connectivity index (χ4v) is 5.00. The highest BCUT2D eigenvalue weighted by molar-refractivity contribution is 8.03. The molecule has 0 unspecified atom stereocenters. The highest BCUT2D eigenvalue weighted by Gasteiger charge is 2.29. The van der Waals surface area contributed by atoms with Gasteiger partial charge in [-0.3, -0.25) is 19.2 Å². The minimum atomic E-state index is -1.13. The lowest BCUT2D eigenvalue weighted by Gasteiger charge is -2.17. The standard InChI is InChI=1S/C18H12O4.C12H10O2S/c1-10-6-7-13(18(21)22)14(8-10)15-9-16(19)11-4-2-3-5-12(11)17(15)20;1-7-10(13)8-5-3-4-6-9(8)11(14)12(7)15-2/h2-9H,1H3,(H,21,22);3-6H,1-2H3. The zero-order valence-corrected chi connectivity index (χ0v) is 21.1. The van der Waals surface area contributed by atoms with Crippen molar-refractivity contribution in [1.82, 2.24) is 0 Å². The Labute approximate surface area is 217 Å². The number of fused-ring (bicyclic) bond motifs is 2. The normalized spacial score (nSPS) is 14.4. The Morgan fingerprint density at radius 2 is 1.24 bits per heavy atom. The number of benzene rings is 3. The number of carboxylic acids is 1. The van der Waals surface area contributed by atoms with Crippen molar-refractivity contribution >= 4 is 46.4 Å². The van der Waals surface area contributed by atoms with Gasteiger partial charge >= 0.3 is 5.97 Å². The second-order valence-corrected chi connectivity index (χ2v) is 9.33. The average Bonchev–Trinajstić information content (AvgIpc) is 2.90. The van der Waals surface area contributed by atoms with Gasteiger partial charge in [-0.2, -0.15) is 0 Å². The van der Waals surface area contributed by atoms with Gasteiger partial charge in [-0.25, -0.2) is 4.79 Å². The number of hydrogen-bond donors (Lipinski definition) is 1. The first kappa shape index (κ1) is 25.7. The summed E-state index contributed by atoms with van der Waals surface area (Å²) < 4.78 is 0. The van der Waals surface area contributed by atoms with E-state index in [0.29, 0.717) is 32.7 Å². The summed E-state index contributed by atoms with van der Waals surface area (Å²) in [4.78, 5) is 60.7. The van der Waals surface area contributed by atoms with Crippen molar-refractivity contribution < 1.29 is 29.1 Å². The van der Waals surface area contributed by atoms with E-state index in [1.54, 1.807) is 74.5 Å². The summed E-state index contributed by atoms with van der Waals surface area (Å²) in [6, 6.07) is 18.3. The number of carbonyl (C=O) groups excluding carboxylic acids is 4. The second-order valence-electron chi connectivity index (χ2n) is 8.51. The van der Waals surface area contributed by atoms with E-state index < -0.39 is 5.97 Å². The van der Waals surface area contributed by atoms with E-state index >= 15 is 0 Å². The molecule has 7 heteroatoms. The van der Waals surface area contributed by atoms with Crippen LogP contribution < -0.4 is 0 Å². The zero-order valence-electron chi connectivity index (χ0n) is 20.3. The molecule has 6 nitrogen and oxygen atoms in total. The largest absolute Gasteiger partial charge is 0.478 e. The Morgan fingerprint density at radius 3 is 1.81 bits per heavy atom. The molecule has 0 fully saturated rings. The minimum absolute atomic E-state index is 0.0115. The SMILES string of the molecule is CSC1=C(C)C(=O)c2ccccc2C1=O.Cc1ccc(C(=O)O)c(C2=CC(=O)c3ccccc3C2=O)c1. The number of hydrogen-bond acceptors (Lipinski definition) is 6. The van der Waals surface area contributed by atoms with Gasteiger partial charge in [-0.1, -0.05) is 66.2 Å². The number of carbonyl (C=O) groups is 5. The molecular formula is C30H22O6S. The van der Waals surface area contributed by atoms with Crippen LogP contribution in [0.1, 0.15) is 69.8 Å². The summed E-state index contributed by atoms with van der Waals surface area (Å²) in [5.41, 5.74) is 3.51. The van der Waals surface area contributed by atoms with Gasteiger partial charge in [0.1, 0.15) is 0 Å². The molecule has 0 bridgehead atoms. The maximum atomic E-state index is 12.6. The highest BCUT2D eigenvalue weighted by Crippen LogP contribution is 2.32. The lowest BCUT2D eigenvalue weighted by molar-refractivity contribution is 0.0696. The summed E-state index contributed by atoms with van der Waals surface area (Å²) >= 11 is 1.34. The van der Waals surface area contributed by atoms with Crippen molar-refractivity contribution in [3.8, 4) is 0 Å². The predicted molar refractivity (Wildman–Crippen MR) is 143 cm³/mol. The van der Waals surface area contributed by atoms with E-state index in [4.69, 9.17) is 0 Å². The molecule has 2 aliphatic rings. The Bertz CT molecular complexity index is 1570. The fourth-order valence-electron chi connectivity index (χ4n) is 4.31. The molecule has 0 amide bonds. The minimum Gasteiger partial charge on any atom is -0.478 e. The van der Waals surface area contributed by atoms with E-state index in [9.17, 15) is 29.1 Å². The van der Waals surface area contributed by atoms with Crippen molar-refractivity contribution in [2.45, 2.75) is 13.8 Å². The van der Waals surface area contributed by atoms with Gasteiger partial charge in [0.05, 0.1) is 10.5 Å². The Morgan fingerprint density at radius 1 is 0.703 bits per heavy atom. The van der Waals surface area contributed by atoms with Crippen LogP contribution in [0.4, 0.5) is 0 Å². The van der Waals surface area contributed by atoms with E-state index in [1.807, 2.05) is 6.26 Å². The number of carboxylic acid groups (broad SMARTS) is 1. The fraction of sp³-hybridized carbons (Fsp3) is 0.100. The second kappa shape index (κ2) is 10.3. The summed E-state index contributed by atoms with van der Waals surface area (Å²) in [6.07, 6.45) is 3.05. The van der Waals surface area contributed by atoms with E-state index in [1.165, 1.54) is 23.9 Å². The molecule has 3 aromatic carbocycles. The third kappa shape index (κ3) is 4.73. The average molecular weight is 511 g/mol. The topological polar surface area (TPSA) is 106 Å². The number of aryl methyl sites for hydroxylation is 1. The van der Waals surface area contributed by atoms with Crippen molar-refractivity contribution in [2.75, 3.05) is 6.26 Å². The number of aromatic carboxylic acids is 1. The van der Waals surface area contributed by atoms with Crippen LogP contribution in [0.2, 0.25) is 0 Å². The lowest BCUT2D eigenvalue weighted by Crippen LogP contribution is -2.19. The van der Waals surface area contributed by atoms with Crippen LogP contribution in [0.3, 0.4) is 0 Å². The molecule has 0 saturated carbocycles. The van der Waals surface area contributed by atoms with Crippen LogP contribution in [-0.2, 0) is 0 Å². The molecule has 0 spiro atoms. The predicted octanol–water partition coefficient (Wildman–Crippen LogP) is 5.86. The molecular weight excluding hydrogens is 488 g/mol. The molecule has 5 rings (SSSR count). The lowest BCUT2D eigenvalue weighted by atomic mass is 9.84. The van der Waals surface area contributed by atoms with E-state index in [2.05, 4.69) is 0 Å². The number of rotatable bonds is 3. The first-order chi connectivity index (χ1) is 17.6. The van der Waals surface area contributed by atoms with Crippen LogP contribution in [0, 0.1) is 6.92 Å². The Kier molecular flexibility index (Phi) is 7.18. The van der Waals surface area contributed by atoms with E-state index in [0.717, 1.165) is 5.56 Å². The first-order valence-electron chi connectivity index (χ1n) is 11.3. The van der Waals surface area contributed by atoms with Gasteiger partial charge in [-0.05, 0) is 32.2 Å². The molecule has 2 aliphatic carbocycles. The van der Waals surface area contributed by atoms with Gasteiger partial charge < -0.3 is 5.11 Å². The number of allylic oxidation sites excluding steroid dienone is 4. The zero-order chi connectivity index (χ0) is 26.9. The van der Waals surface area contributed by atoms with Crippen LogP contribution in [0.25, 0.3) is 5.57 Å². The molecule has 0 aromatic heterocycles. The molecule has 37 heavy (non-hydrogen) atoms. The molecule has 184 valence electrons. The van der Waals surface area contributed by atoms with Gasteiger partial charge in [0.15, 0.2) is 23.1 Å². The highest BCUT2D eigenvalue weighted by atomic mass is 32.2. The van der Waals surface area contributed by atoms with Gasteiger partial charge in [-0.15, -0.1) is 11.8 Å². The smallest absolute Gasteiger partial charge is 0.336 e. The number of ketones is 4. The van der Waals surface area contributed by atoms with Crippen molar-refractivity contribution in [1.29, 1.82) is 0 Å². The van der Waals surface area contributed by atoms with Gasteiger partial charge in [0.25, 0.3) is 0 Å². The molecule has 1 N–H and O–H groups in total. The van der Waals surface area contributed by atoms with Gasteiger partial charge in [0.2, 0.25) is 0 Å². The quantitative estimate of drug-likeness (QED) is 0.471. The number of thioether (sulfide) groups is 1. The van der Waals surface area contributed by atoms with Crippen molar-refractivity contribution in [3.63, 3.8) is 0 Å². The third-order valence-electron chi connectivity index (χ3n) is 6.16. The molecule has 3 aromatic rings. The van der Waals surface area contributed by atoms with Crippen LogP contribution in [-0.4, -0.2) is 40.5 Å². The van der Waals surface area contributed by atoms with Crippen molar-refractivity contribution in [3.05, 3.63) is 122 Å². The molecule has 0 aliphatic heterocycles. The summed E-state index contributed by atoms with van der Waals surface area (Å²) in [7, 11) is 0. The van der Waals surface area contributed by atoms with Crippen LogP contribution >= 0.6 is 11.8 Å².